The van der Waals surface area contributed by atoms with Crippen molar-refractivity contribution in [1.29, 1.82) is 0 Å². The van der Waals surface area contributed by atoms with Crippen molar-refractivity contribution >= 4 is 21.4 Å². The highest BCUT2D eigenvalue weighted by atomic mass is 32.1. The topological polar surface area (TPSA) is 38.7 Å². The summed E-state index contributed by atoms with van der Waals surface area (Å²) in [6, 6.07) is 17.4. The Morgan fingerprint density at radius 1 is 1.19 bits per heavy atom. The second-order valence-electron chi connectivity index (χ2n) is 7.48. The summed E-state index contributed by atoms with van der Waals surface area (Å²) in [5, 5.41) is 11.6. The Balaban J connectivity index is 1.48. The molecule has 2 aromatic carbocycles. The first-order chi connectivity index (χ1) is 12.6. The standard InChI is InChI=1S/C22H22O3S/c1-14-8-18(23)12-22(25-14)20-10-15(6-7-17(20)13-24-22)9-19-11-16-4-2-3-5-21(16)26-19/h2-7,10-11,14,18,23H,8-9,12-13H2,1H3/t14?,18?,22-/m1/s1. The molecule has 0 bridgehead atoms. The normalized spacial score (nSPS) is 27.9. The summed E-state index contributed by atoms with van der Waals surface area (Å²) in [7, 11) is 0. The quantitative estimate of drug-likeness (QED) is 0.712. The molecule has 0 aliphatic carbocycles. The van der Waals surface area contributed by atoms with Gasteiger partial charge in [-0.25, -0.2) is 0 Å². The fraction of sp³-hybridized carbons (Fsp3) is 0.364. The predicted molar refractivity (Wildman–Crippen MR) is 103 cm³/mol. The van der Waals surface area contributed by atoms with Crippen molar-refractivity contribution in [3.05, 3.63) is 70.1 Å². The van der Waals surface area contributed by atoms with Crippen LogP contribution in [-0.4, -0.2) is 17.3 Å². The van der Waals surface area contributed by atoms with Crippen LogP contribution in [0.25, 0.3) is 10.1 Å². The first kappa shape index (κ1) is 16.5. The molecule has 0 radical (unpaired) electrons. The number of ether oxygens (including phenoxy) is 2. The summed E-state index contributed by atoms with van der Waals surface area (Å²) in [6.07, 6.45) is 1.70. The molecule has 3 heterocycles. The molecule has 0 saturated carbocycles. The Morgan fingerprint density at radius 2 is 2.08 bits per heavy atom. The number of hydrogen-bond donors (Lipinski definition) is 1. The summed E-state index contributed by atoms with van der Waals surface area (Å²) in [4.78, 5) is 1.36. The molecule has 3 nitrogen and oxygen atoms in total. The third kappa shape index (κ3) is 2.78. The van der Waals surface area contributed by atoms with Crippen LogP contribution in [-0.2, 0) is 28.3 Å². The lowest BCUT2D eigenvalue weighted by Crippen LogP contribution is -2.43. The first-order valence-electron chi connectivity index (χ1n) is 9.21. The smallest absolute Gasteiger partial charge is 0.198 e. The zero-order chi connectivity index (χ0) is 17.7. The predicted octanol–water partition coefficient (Wildman–Crippen LogP) is 4.73. The number of aliphatic hydroxyl groups is 1. The van der Waals surface area contributed by atoms with Gasteiger partial charge in [0, 0.05) is 28.0 Å². The van der Waals surface area contributed by atoms with Gasteiger partial charge < -0.3 is 14.6 Å². The third-order valence-corrected chi connectivity index (χ3v) is 6.52. The van der Waals surface area contributed by atoms with Gasteiger partial charge in [-0.05, 0) is 48.1 Å². The van der Waals surface area contributed by atoms with E-state index in [1.165, 1.54) is 26.1 Å². The largest absolute Gasteiger partial charge is 0.393 e. The molecule has 1 spiro atoms. The third-order valence-electron chi connectivity index (χ3n) is 5.40. The van der Waals surface area contributed by atoms with E-state index < -0.39 is 5.79 Å². The van der Waals surface area contributed by atoms with E-state index in [2.05, 4.69) is 48.5 Å². The molecule has 1 N–H and O–H groups in total. The molecule has 1 aromatic heterocycles. The lowest BCUT2D eigenvalue weighted by Gasteiger charge is -2.39. The molecule has 3 atom stereocenters. The zero-order valence-electron chi connectivity index (χ0n) is 14.8. The SMILES string of the molecule is CC1CC(O)C[C@@]2(OCc3ccc(Cc4cc5ccccc5s4)cc32)O1. The highest BCUT2D eigenvalue weighted by Crippen LogP contribution is 2.45. The second-order valence-corrected chi connectivity index (χ2v) is 8.65. The van der Waals surface area contributed by atoms with Gasteiger partial charge in [-0.1, -0.05) is 30.3 Å². The maximum absolute atomic E-state index is 10.3. The van der Waals surface area contributed by atoms with Crippen LogP contribution >= 0.6 is 11.3 Å². The van der Waals surface area contributed by atoms with Crippen molar-refractivity contribution in [1.82, 2.24) is 0 Å². The molecule has 5 rings (SSSR count). The molecule has 1 fully saturated rings. The van der Waals surface area contributed by atoms with Gasteiger partial charge in [-0.15, -0.1) is 11.3 Å². The van der Waals surface area contributed by atoms with Gasteiger partial charge >= 0.3 is 0 Å². The van der Waals surface area contributed by atoms with E-state index in [-0.39, 0.29) is 12.2 Å². The summed E-state index contributed by atoms with van der Waals surface area (Å²) >= 11 is 1.85. The molecule has 0 amide bonds. The first-order valence-corrected chi connectivity index (χ1v) is 10.0. The van der Waals surface area contributed by atoms with Crippen LogP contribution < -0.4 is 0 Å². The molecule has 134 valence electrons. The molecule has 2 aliphatic heterocycles. The second kappa shape index (κ2) is 6.17. The lowest BCUT2D eigenvalue weighted by atomic mass is 9.90. The Labute approximate surface area is 157 Å². The maximum atomic E-state index is 10.3. The van der Waals surface area contributed by atoms with Crippen molar-refractivity contribution in [2.24, 2.45) is 0 Å². The molecule has 2 unspecified atom stereocenters. The fourth-order valence-corrected chi connectivity index (χ4v) is 5.37. The molecular weight excluding hydrogens is 344 g/mol. The molecule has 2 aliphatic rings. The van der Waals surface area contributed by atoms with Crippen LogP contribution in [0.4, 0.5) is 0 Å². The minimum absolute atomic E-state index is 0.00375. The van der Waals surface area contributed by atoms with Gasteiger partial charge in [-0.2, -0.15) is 0 Å². The van der Waals surface area contributed by atoms with E-state index in [4.69, 9.17) is 9.47 Å². The number of aliphatic hydroxyl groups excluding tert-OH is 1. The fourth-order valence-electron chi connectivity index (χ4n) is 4.28. The minimum Gasteiger partial charge on any atom is -0.393 e. The average molecular weight is 366 g/mol. The highest BCUT2D eigenvalue weighted by molar-refractivity contribution is 7.19. The molecule has 26 heavy (non-hydrogen) atoms. The van der Waals surface area contributed by atoms with E-state index in [1.54, 1.807) is 0 Å². The summed E-state index contributed by atoms with van der Waals surface area (Å²) in [6.45, 7) is 2.56. The lowest BCUT2D eigenvalue weighted by molar-refractivity contribution is -0.295. The molecule has 3 aromatic rings. The highest BCUT2D eigenvalue weighted by Gasteiger charge is 2.47. The Hall–Kier alpha value is -1.72. The maximum Gasteiger partial charge on any atom is 0.198 e. The minimum atomic E-state index is -0.775. The Bertz CT molecular complexity index is 918. The van der Waals surface area contributed by atoms with Crippen LogP contribution in [0.3, 0.4) is 0 Å². The van der Waals surface area contributed by atoms with E-state index in [0.717, 1.165) is 12.0 Å². The number of rotatable bonds is 2. The van der Waals surface area contributed by atoms with Crippen molar-refractivity contribution in [2.45, 2.75) is 50.8 Å². The summed E-state index contributed by atoms with van der Waals surface area (Å²) < 4.78 is 13.6. The van der Waals surface area contributed by atoms with E-state index >= 15 is 0 Å². The van der Waals surface area contributed by atoms with E-state index in [1.807, 2.05) is 18.3 Å². The average Bonchev–Trinajstić information content (AvgIpc) is 3.15. The summed E-state index contributed by atoms with van der Waals surface area (Å²) in [5.74, 6) is -0.775. The van der Waals surface area contributed by atoms with Crippen molar-refractivity contribution in [2.75, 3.05) is 0 Å². The van der Waals surface area contributed by atoms with Crippen molar-refractivity contribution < 1.29 is 14.6 Å². The van der Waals surface area contributed by atoms with E-state index in [9.17, 15) is 5.11 Å². The van der Waals surface area contributed by atoms with E-state index in [0.29, 0.717) is 19.4 Å². The number of hydrogen-bond acceptors (Lipinski definition) is 4. The van der Waals surface area contributed by atoms with Crippen molar-refractivity contribution in [3.8, 4) is 0 Å². The van der Waals surface area contributed by atoms with Crippen LogP contribution in [0.5, 0.6) is 0 Å². The van der Waals surface area contributed by atoms with Crippen LogP contribution in [0.1, 0.15) is 41.3 Å². The van der Waals surface area contributed by atoms with Gasteiger partial charge in [0.15, 0.2) is 5.79 Å². The number of thiophene rings is 1. The summed E-state index contributed by atoms with van der Waals surface area (Å²) in [5.41, 5.74) is 3.53. The number of fused-ring (bicyclic) bond motifs is 3. The van der Waals surface area contributed by atoms with Gasteiger partial charge in [0.1, 0.15) is 0 Å². The van der Waals surface area contributed by atoms with Crippen molar-refractivity contribution in [3.63, 3.8) is 0 Å². The van der Waals surface area contributed by atoms with Crippen LogP contribution in [0, 0.1) is 0 Å². The zero-order valence-corrected chi connectivity index (χ0v) is 15.6. The van der Waals surface area contributed by atoms with Crippen LogP contribution in [0.2, 0.25) is 0 Å². The molecule has 4 heteroatoms. The van der Waals surface area contributed by atoms with Gasteiger partial charge in [-0.3, -0.25) is 0 Å². The van der Waals surface area contributed by atoms with Crippen LogP contribution in [0.15, 0.2) is 48.5 Å². The van der Waals surface area contributed by atoms with Gasteiger partial charge in [0.25, 0.3) is 0 Å². The molecule has 1 saturated heterocycles. The Morgan fingerprint density at radius 3 is 2.92 bits per heavy atom. The van der Waals surface area contributed by atoms with Gasteiger partial charge in [0.2, 0.25) is 0 Å². The Kier molecular flexibility index (Phi) is 3.90. The monoisotopic (exact) mass is 366 g/mol. The molecular formula is C22H22O3S. The number of benzene rings is 2. The van der Waals surface area contributed by atoms with Gasteiger partial charge in [0.05, 0.1) is 18.8 Å².